The minimum atomic E-state index is -0.530. The maximum Gasteiger partial charge on any atom is 0.250 e. The van der Waals surface area contributed by atoms with Crippen LogP contribution in [0.4, 0.5) is 5.69 Å². The summed E-state index contributed by atoms with van der Waals surface area (Å²) in [5.41, 5.74) is 5.97. The lowest BCUT2D eigenvalue weighted by Gasteiger charge is -2.05. The van der Waals surface area contributed by atoms with Crippen LogP contribution in [0.25, 0.3) is 0 Å². The zero-order valence-electron chi connectivity index (χ0n) is 8.32. The molecule has 0 atom stereocenters. The summed E-state index contributed by atoms with van der Waals surface area (Å²) in [6.45, 7) is -0.0270. The van der Waals surface area contributed by atoms with Crippen LogP contribution in [0, 0.1) is 0 Å². The van der Waals surface area contributed by atoms with Gasteiger partial charge in [-0.25, -0.2) is 0 Å². The number of hydrogen-bond donors (Lipinski definition) is 2. The summed E-state index contributed by atoms with van der Waals surface area (Å²) in [6.07, 6.45) is 0. The molecule has 80 valence electrons. The number of nitrogens with one attached hydrogen (secondary N) is 1. The maximum atomic E-state index is 11.1. The fraction of sp³-hybridized carbons (Fsp3) is 0.200. The largest absolute Gasteiger partial charge is 0.375 e. The third-order valence-electron chi connectivity index (χ3n) is 1.71. The Morgan fingerprint density at radius 3 is 2.80 bits per heavy atom. The number of amides is 2. The maximum absolute atomic E-state index is 11.1. The summed E-state index contributed by atoms with van der Waals surface area (Å²) in [6, 6.07) is 6.40. The van der Waals surface area contributed by atoms with Crippen molar-refractivity contribution in [2.45, 2.75) is 0 Å². The highest BCUT2D eigenvalue weighted by Gasteiger charge is 2.04. The van der Waals surface area contributed by atoms with Gasteiger partial charge < -0.3 is 15.8 Å². The van der Waals surface area contributed by atoms with Gasteiger partial charge in [-0.1, -0.05) is 6.07 Å². The molecule has 0 saturated heterocycles. The van der Waals surface area contributed by atoms with Gasteiger partial charge in [0.15, 0.2) is 0 Å². The van der Waals surface area contributed by atoms with E-state index in [4.69, 9.17) is 5.73 Å². The molecule has 0 aliphatic heterocycles. The average Bonchev–Trinajstić information content (AvgIpc) is 2.18. The second-order valence-corrected chi connectivity index (χ2v) is 2.93. The molecule has 15 heavy (non-hydrogen) atoms. The molecule has 5 heteroatoms. The minimum Gasteiger partial charge on any atom is -0.375 e. The Kier molecular flexibility index (Phi) is 3.82. The molecule has 0 aliphatic rings. The zero-order valence-corrected chi connectivity index (χ0v) is 8.32. The van der Waals surface area contributed by atoms with Gasteiger partial charge in [0, 0.05) is 18.4 Å². The molecule has 0 radical (unpaired) electrons. The lowest BCUT2D eigenvalue weighted by molar-refractivity contribution is -0.119. The fourth-order valence-corrected chi connectivity index (χ4v) is 1.08. The number of carbonyl (C=O) groups excluding carboxylic acids is 2. The summed E-state index contributed by atoms with van der Waals surface area (Å²) < 4.78 is 4.65. The smallest absolute Gasteiger partial charge is 0.250 e. The van der Waals surface area contributed by atoms with Crippen molar-refractivity contribution in [2.75, 3.05) is 19.0 Å². The lowest BCUT2D eigenvalue weighted by atomic mass is 10.2. The molecule has 3 N–H and O–H groups in total. The number of anilines is 1. The Morgan fingerprint density at radius 1 is 1.47 bits per heavy atom. The number of primary amides is 1. The number of methoxy groups -OCH3 is 1. The molecular formula is C10H12N2O3. The number of rotatable bonds is 4. The second-order valence-electron chi connectivity index (χ2n) is 2.93. The Hall–Kier alpha value is -1.88. The van der Waals surface area contributed by atoms with Crippen molar-refractivity contribution in [3.05, 3.63) is 29.8 Å². The van der Waals surface area contributed by atoms with Gasteiger partial charge in [-0.15, -0.1) is 0 Å². The molecule has 0 heterocycles. The standard InChI is InChI=1S/C10H12N2O3/c1-15-6-9(13)12-8-4-2-3-7(5-8)10(11)14/h2-5H,6H2,1H3,(H2,11,14)(H,12,13). The van der Waals surface area contributed by atoms with E-state index >= 15 is 0 Å². The van der Waals surface area contributed by atoms with Gasteiger partial charge in [0.05, 0.1) is 0 Å². The van der Waals surface area contributed by atoms with Crippen LogP contribution in [-0.4, -0.2) is 25.5 Å². The van der Waals surface area contributed by atoms with Gasteiger partial charge in [-0.05, 0) is 18.2 Å². The van der Waals surface area contributed by atoms with Crippen LogP contribution < -0.4 is 11.1 Å². The molecule has 1 aromatic rings. The predicted octanol–water partition coefficient (Wildman–Crippen LogP) is 0.370. The number of nitrogens with two attached hydrogens (primary N) is 1. The van der Waals surface area contributed by atoms with Gasteiger partial charge in [-0.2, -0.15) is 0 Å². The fourth-order valence-electron chi connectivity index (χ4n) is 1.08. The average molecular weight is 208 g/mol. The molecule has 0 aliphatic carbocycles. The van der Waals surface area contributed by atoms with Crippen molar-refractivity contribution in [2.24, 2.45) is 5.73 Å². The first-order chi connectivity index (χ1) is 7.13. The quantitative estimate of drug-likeness (QED) is 0.750. The highest BCUT2D eigenvalue weighted by atomic mass is 16.5. The van der Waals surface area contributed by atoms with E-state index in [9.17, 15) is 9.59 Å². The van der Waals surface area contributed by atoms with Gasteiger partial charge in [0.25, 0.3) is 0 Å². The first kappa shape index (κ1) is 11.2. The molecule has 0 unspecified atom stereocenters. The lowest BCUT2D eigenvalue weighted by Crippen LogP contribution is -2.18. The third kappa shape index (κ3) is 3.40. The van der Waals surface area contributed by atoms with E-state index in [0.29, 0.717) is 11.3 Å². The van der Waals surface area contributed by atoms with Gasteiger partial charge in [-0.3, -0.25) is 9.59 Å². The van der Waals surface area contributed by atoms with E-state index in [1.165, 1.54) is 13.2 Å². The molecule has 0 bridgehead atoms. The molecule has 0 aromatic heterocycles. The summed E-state index contributed by atoms with van der Waals surface area (Å²) in [7, 11) is 1.43. The molecule has 2 amide bonds. The van der Waals surface area contributed by atoms with Crippen molar-refractivity contribution < 1.29 is 14.3 Å². The van der Waals surface area contributed by atoms with Crippen LogP contribution in [0.5, 0.6) is 0 Å². The van der Waals surface area contributed by atoms with Crippen LogP contribution in [-0.2, 0) is 9.53 Å². The van der Waals surface area contributed by atoms with Crippen LogP contribution in [0.15, 0.2) is 24.3 Å². The van der Waals surface area contributed by atoms with Crippen molar-refractivity contribution in [3.8, 4) is 0 Å². The molecule has 0 spiro atoms. The normalized spacial score (nSPS) is 9.67. The van der Waals surface area contributed by atoms with Crippen LogP contribution >= 0.6 is 0 Å². The molecule has 0 fully saturated rings. The summed E-state index contributed by atoms with van der Waals surface area (Å²) >= 11 is 0. The van der Waals surface area contributed by atoms with E-state index in [2.05, 4.69) is 10.1 Å². The SMILES string of the molecule is COCC(=O)Nc1cccc(C(N)=O)c1. The van der Waals surface area contributed by atoms with E-state index < -0.39 is 5.91 Å². The molecule has 5 nitrogen and oxygen atoms in total. The van der Waals surface area contributed by atoms with Crippen LogP contribution in [0.1, 0.15) is 10.4 Å². The Bertz CT molecular complexity index is 377. The number of benzene rings is 1. The summed E-state index contributed by atoms with van der Waals surface area (Å²) in [5, 5.41) is 2.57. The number of hydrogen-bond acceptors (Lipinski definition) is 3. The molecule has 1 aromatic carbocycles. The van der Waals surface area contributed by atoms with Gasteiger partial charge >= 0.3 is 0 Å². The Morgan fingerprint density at radius 2 is 2.20 bits per heavy atom. The van der Waals surface area contributed by atoms with Gasteiger partial charge in [0.2, 0.25) is 11.8 Å². The third-order valence-corrected chi connectivity index (χ3v) is 1.71. The predicted molar refractivity (Wildman–Crippen MR) is 55.5 cm³/mol. The number of carbonyl (C=O) groups is 2. The summed E-state index contributed by atoms with van der Waals surface area (Å²) in [4.78, 5) is 22.0. The highest BCUT2D eigenvalue weighted by molar-refractivity contribution is 5.96. The Balaban J connectivity index is 2.73. The van der Waals surface area contributed by atoms with Crippen molar-refractivity contribution in [1.82, 2.24) is 0 Å². The first-order valence-electron chi connectivity index (χ1n) is 4.32. The minimum absolute atomic E-state index is 0.0270. The molecule has 1 rings (SSSR count). The zero-order chi connectivity index (χ0) is 11.3. The molecular weight excluding hydrogens is 196 g/mol. The van der Waals surface area contributed by atoms with E-state index in [1.807, 2.05) is 0 Å². The highest BCUT2D eigenvalue weighted by Crippen LogP contribution is 2.09. The van der Waals surface area contributed by atoms with Crippen LogP contribution in [0.3, 0.4) is 0 Å². The number of ether oxygens (including phenoxy) is 1. The summed E-state index contributed by atoms with van der Waals surface area (Å²) in [5.74, 6) is -0.808. The van der Waals surface area contributed by atoms with Crippen molar-refractivity contribution >= 4 is 17.5 Å². The van der Waals surface area contributed by atoms with E-state index in [1.54, 1.807) is 18.2 Å². The second kappa shape index (κ2) is 5.11. The van der Waals surface area contributed by atoms with Crippen molar-refractivity contribution in [1.29, 1.82) is 0 Å². The Labute approximate surface area is 87.2 Å². The molecule has 0 saturated carbocycles. The monoisotopic (exact) mass is 208 g/mol. The first-order valence-corrected chi connectivity index (χ1v) is 4.32. The van der Waals surface area contributed by atoms with Crippen molar-refractivity contribution in [3.63, 3.8) is 0 Å². The van der Waals surface area contributed by atoms with E-state index in [-0.39, 0.29) is 12.5 Å². The van der Waals surface area contributed by atoms with E-state index in [0.717, 1.165) is 0 Å². The van der Waals surface area contributed by atoms with Gasteiger partial charge in [0.1, 0.15) is 6.61 Å². The van der Waals surface area contributed by atoms with Crippen LogP contribution in [0.2, 0.25) is 0 Å². The topological polar surface area (TPSA) is 81.4 Å².